The maximum atomic E-state index is 9.89. The van der Waals surface area contributed by atoms with E-state index in [1.807, 2.05) is 0 Å². The average molecular weight is 162 g/mol. The van der Waals surface area contributed by atoms with Gasteiger partial charge in [-0.3, -0.25) is 8.63 Å². The predicted octanol–water partition coefficient (Wildman–Crippen LogP) is -5.27. The summed E-state index contributed by atoms with van der Waals surface area (Å²) in [7, 11) is -3.17. The normalized spacial score (nSPS) is 6.45. The number of halogens is 2. The molecule has 0 aliphatic rings. The van der Waals surface area contributed by atoms with Gasteiger partial charge >= 0.3 is 32.3 Å². The predicted molar refractivity (Wildman–Crippen MR) is 22.8 cm³/mol. The maximum absolute atomic E-state index is 9.89. The van der Waals surface area contributed by atoms with Crippen LogP contribution in [0.4, 0.5) is 8.63 Å². The number of hydrogen-bond donors (Lipinski definition) is 2. The number of rotatable bonds is 0. The van der Waals surface area contributed by atoms with E-state index in [9.17, 15) is 8.63 Å². The number of hydrogen-bond acceptors (Lipinski definition) is 4. The molecule has 9 heteroatoms. The molecule has 0 amide bonds. The molecule has 0 aromatic rings. The van der Waals surface area contributed by atoms with Crippen LogP contribution in [0.15, 0.2) is 0 Å². The number of aliphatic carboxylic acids is 2. The van der Waals surface area contributed by atoms with Crippen LogP contribution in [0.5, 0.6) is 0 Å². The van der Waals surface area contributed by atoms with Crippen molar-refractivity contribution in [3.8, 4) is 0 Å². The molecule has 0 fully saturated rings. The molecule has 0 spiro atoms. The van der Waals surface area contributed by atoms with Gasteiger partial charge in [0, 0.05) is 0 Å². The fraction of sp³-hybridized carbons (Fsp3) is 0. The van der Waals surface area contributed by atoms with Crippen LogP contribution in [-0.2, 0) is 9.59 Å². The van der Waals surface area contributed by atoms with Gasteiger partial charge in [-0.2, -0.15) is 0 Å². The number of carboxylic acid groups (broad SMARTS) is 2. The number of carboxylic acids is 2. The first-order valence-electron chi connectivity index (χ1n) is 1.78. The van der Waals surface area contributed by atoms with Crippen molar-refractivity contribution >= 4 is 19.4 Å². The Bertz CT molecular complexity index is 115. The molecule has 0 saturated carbocycles. The van der Waals surface area contributed by atoms with Gasteiger partial charge in [-0.05, 0) is 0 Å². The van der Waals surface area contributed by atoms with Crippen LogP contribution in [0.25, 0.3) is 0 Å². The van der Waals surface area contributed by atoms with E-state index < -0.39 is 19.4 Å². The Labute approximate surface area is 72.4 Å². The smallest absolute Gasteiger partial charge is 0.539 e. The number of carbonyl (C=O) groups is 2. The molecular weight excluding hydrogens is 160 g/mol. The molecule has 0 radical (unpaired) electrons. The first-order valence-corrected chi connectivity index (χ1v) is 1.78. The van der Waals surface area contributed by atoms with E-state index in [2.05, 4.69) is 0 Å². The molecule has 0 rings (SSSR count). The number of carbonyl (C=O) groups excluding carboxylic acids is 1. The molecule has 0 saturated heterocycles. The Morgan fingerprint density at radius 2 is 1.45 bits per heavy atom. The monoisotopic (exact) mass is 162 g/mol. The van der Waals surface area contributed by atoms with Crippen molar-refractivity contribution in [2.75, 3.05) is 0 Å². The topological polar surface area (TPSA) is 97.7 Å². The Morgan fingerprint density at radius 1 is 1.36 bits per heavy atom. The Balaban J connectivity index is -0.000000114. The van der Waals surface area contributed by atoms with E-state index in [-0.39, 0.29) is 18.9 Å². The minimum absolute atomic E-state index is 0. The first-order chi connectivity index (χ1) is 4.37. The van der Waals surface area contributed by atoms with Crippen molar-refractivity contribution in [3.05, 3.63) is 0 Å². The van der Waals surface area contributed by atoms with Gasteiger partial charge in [-0.1, -0.05) is 0 Å². The fourth-order valence-electron chi connectivity index (χ4n) is 0. The van der Waals surface area contributed by atoms with Gasteiger partial charge in [-0.15, -0.1) is 0 Å². The van der Waals surface area contributed by atoms with Crippen molar-refractivity contribution in [1.29, 1.82) is 0 Å². The molecule has 0 aromatic carbocycles. The van der Waals surface area contributed by atoms with Crippen molar-refractivity contribution in [1.82, 2.24) is 0 Å². The van der Waals surface area contributed by atoms with Gasteiger partial charge in [0.15, 0.2) is 5.97 Å². The summed E-state index contributed by atoms with van der Waals surface area (Å²) >= 11 is 0. The van der Waals surface area contributed by atoms with Crippen LogP contribution in [-0.4, -0.2) is 29.5 Å². The van der Waals surface area contributed by atoms with Gasteiger partial charge in [0.25, 0.3) is 0 Å². The van der Waals surface area contributed by atoms with Crippen LogP contribution >= 0.6 is 0 Å². The SMILES string of the molecule is O=C([O-])C(=O)O.OB(F)F.[Li+]. The van der Waals surface area contributed by atoms with Crippen LogP contribution in [0, 0.1) is 0 Å². The second-order valence-corrected chi connectivity index (χ2v) is 0.870. The average Bonchev–Trinajstić information content (AvgIpc) is 1.63. The molecule has 0 unspecified atom stereocenters. The molecule has 11 heavy (non-hydrogen) atoms. The molecule has 0 atom stereocenters. The summed E-state index contributed by atoms with van der Waals surface area (Å²) in [5.74, 6) is -4.01. The molecule has 0 aliphatic heterocycles. The van der Waals surface area contributed by atoms with Crippen molar-refractivity contribution in [3.63, 3.8) is 0 Å². The van der Waals surface area contributed by atoms with Gasteiger partial charge in [0.1, 0.15) is 0 Å². The zero-order valence-corrected chi connectivity index (χ0v) is 5.45. The zero-order chi connectivity index (χ0) is 8.73. The quantitative estimate of drug-likeness (QED) is 0.273. The van der Waals surface area contributed by atoms with Crippen LogP contribution < -0.4 is 24.0 Å². The zero-order valence-electron chi connectivity index (χ0n) is 5.45. The summed E-state index contributed by atoms with van der Waals surface area (Å²) in [4.78, 5) is 18.0. The maximum Gasteiger partial charge on any atom is 1.00 e. The second kappa shape index (κ2) is 9.42. The Kier molecular flexibility index (Phi) is 14.4. The molecule has 0 aromatic heterocycles. The first kappa shape index (κ1) is 16.8. The molecule has 5 nitrogen and oxygen atoms in total. The third-order valence-electron chi connectivity index (χ3n) is 0.175. The minimum atomic E-state index is -3.17. The van der Waals surface area contributed by atoms with E-state index in [1.165, 1.54) is 0 Å². The van der Waals surface area contributed by atoms with E-state index in [0.717, 1.165) is 0 Å². The van der Waals surface area contributed by atoms with Gasteiger partial charge in [0.2, 0.25) is 0 Å². The standard InChI is InChI=1S/C2H2O4.BF2HO.Li/c3-1(4)2(5)6;2-1(3)4;/h(H,3,4)(H,5,6);4H;/q;;+1/p-1. The molecular formula is C2H2BF2LiO5. The van der Waals surface area contributed by atoms with E-state index in [1.54, 1.807) is 0 Å². The summed E-state index contributed by atoms with van der Waals surface area (Å²) in [6.45, 7) is 0. The third kappa shape index (κ3) is 44.3. The van der Waals surface area contributed by atoms with E-state index in [0.29, 0.717) is 0 Å². The Morgan fingerprint density at radius 3 is 1.45 bits per heavy atom. The van der Waals surface area contributed by atoms with E-state index in [4.69, 9.17) is 24.8 Å². The largest absolute Gasteiger partial charge is 1.00 e. The van der Waals surface area contributed by atoms with Gasteiger partial charge < -0.3 is 20.0 Å². The molecule has 0 bridgehead atoms. The summed E-state index contributed by atoms with van der Waals surface area (Å²) in [6.07, 6.45) is 0. The summed E-state index contributed by atoms with van der Waals surface area (Å²) in [5, 5.41) is 23.0. The van der Waals surface area contributed by atoms with Crippen LogP contribution in [0.2, 0.25) is 0 Å². The van der Waals surface area contributed by atoms with Crippen LogP contribution in [0.1, 0.15) is 0 Å². The van der Waals surface area contributed by atoms with Crippen molar-refractivity contribution in [2.24, 2.45) is 0 Å². The van der Waals surface area contributed by atoms with Crippen molar-refractivity contribution < 1.29 is 52.3 Å². The molecule has 0 aliphatic carbocycles. The third-order valence-corrected chi connectivity index (χ3v) is 0.175. The van der Waals surface area contributed by atoms with E-state index >= 15 is 0 Å². The molecule has 0 heterocycles. The fourth-order valence-corrected chi connectivity index (χ4v) is 0. The van der Waals surface area contributed by atoms with Crippen LogP contribution in [0.3, 0.4) is 0 Å². The van der Waals surface area contributed by atoms with Gasteiger partial charge in [-0.25, -0.2) is 4.79 Å². The summed E-state index contributed by atoms with van der Waals surface area (Å²) in [6, 6.07) is 0. The second-order valence-electron chi connectivity index (χ2n) is 0.870. The molecule has 2 N–H and O–H groups in total. The summed E-state index contributed by atoms with van der Waals surface area (Å²) in [5.41, 5.74) is 0. The Hall–Kier alpha value is -0.578. The van der Waals surface area contributed by atoms with Crippen molar-refractivity contribution in [2.45, 2.75) is 0 Å². The minimum Gasteiger partial charge on any atom is -0.539 e. The van der Waals surface area contributed by atoms with Gasteiger partial charge in [0.05, 0.1) is 0 Å². The molecule has 58 valence electrons. The summed E-state index contributed by atoms with van der Waals surface area (Å²) < 4.78 is 19.8.